The molecule has 6 heteroatoms. The lowest BCUT2D eigenvalue weighted by atomic mass is 10.1. The molecular formula is C17H23N2O3S+. The van der Waals surface area contributed by atoms with Crippen LogP contribution in [0.25, 0.3) is 10.8 Å². The number of nitrogens with one attached hydrogen (secondary N) is 2. The largest absolute Gasteiger partial charge is 0.370 e. The highest BCUT2D eigenvalue weighted by Crippen LogP contribution is 2.20. The molecule has 0 saturated carbocycles. The second kappa shape index (κ2) is 6.97. The van der Waals surface area contributed by atoms with Gasteiger partial charge in [0.15, 0.2) is 0 Å². The summed E-state index contributed by atoms with van der Waals surface area (Å²) in [5.41, 5.74) is 1.17. The average molecular weight is 335 g/mol. The van der Waals surface area contributed by atoms with Crippen LogP contribution in [0, 0.1) is 6.92 Å². The van der Waals surface area contributed by atoms with Gasteiger partial charge in [-0.2, -0.15) is 0 Å². The molecule has 5 nitrogen and oxygen atoms in total. The molecule has 0 amide bonds. The maximum Gasteiger partial charge on any atom is 0.240 e. The second-order valence-corrected chi connectivity index (χ2v) is 7.79. The first kappa shape index (κ1) is 16.4. The Bertz CT molecular complexity index is 784. The predicted octanol–water partition coefficient (Wildman–Crippen LogP) is 0.342. The molecule has 1 aliphatic heterocycles. The number of hydrogen-bond acceptors (Lipinski definition) is 3. The zero-order chi connectivity index (χ0) is 16.3. The lowest BCUT2D eigenvalue weighted by Crippen LogP contribution is -3.14. The van der Waals surface area contributed by atoms with Crippen LogP contribution in [0.3, 0.4) is 0 Å². The second-order valence-electron chi connectivity index (χ2n) is 6.02. The Labute approximate surface area is 137 Å². The van der Waals surface area contributed by atoms with Crippen LogP contribution in [0.1, 0.15) is 5.56 Å². The van der Waals surface area contributed by atoms with Crippen LogP contribution >= 0.6 is 0 Å². The van der Waals surface area contributed by atoms with Crippen LogP contribution in [0.5, 0.6) is 0 Å². The topological polar surface area (TPSA) is 59.8 Å². The molecule has 1 fully saturated rings. The van der Waals surface area contributed by atoms with Crippen molar-refractivity contribution in [1.29, 1.82) is 0 Å². The first-order valence-electron chi connectivity index (χ1n) is 7.96. The van der Waals surface area contributed by atoms with Gasteiger partial charge in [-0.1, -0.05) is 29.8 Å². The molecule has 0 aromatic heterocycles. The van der Waals surface area contributed by atoms with Crippen molar-refractivity contribution in [2.75, 3.05) is 39.4 Å². The molecule has 2 aromatic rings. The van der Waals surface area contributed by atoms with E-state index in [2.05, 4.69) is 10.8 Å². The third-order valence-corrected chi connectivity index (χ3v) is 5.71. The molecule has 124 valence electrons. The number of benzene rings is 2. The van der Waals surface area contributed by atoms with Crippen LogP contribution in [0.15, 0.2) is 41.3 Å². The van der Waals surface area contributed by atoms with Crippen molar-refractivity contribution >= 4 is 20.8 Å². The minimum Gasteiger partial charge on any atom is -0.370 e. The van der Waals surface area contributed by atoms with Gasteiger partial charge in [-0.3, -0.25) is 0 Å². The zero-order valence-corrected chi connectivity index (χ0v) is 14.2. The van der Waals surface area contributed by atoms with Crippen molar-refractivity contribution in [2.24, 2.45) is 0 Å². The number of rotatable bonds is 5. The Morgan fingerprint density at radius 3 is 2.57 bits per heavy atom. The standard InChI is InChI=1S/C17H22N2O3S/c1-14-2-3-16-13-17(5-4-15(16)12-14)23(20,21)18-6-7-19-8-10-22-11-9-19/h2-5,12-13,18H,6-11H2,1H3/p+1. The van der Waals surface area contributed by atoms with Crippen LogP contribution in [-0.2, 0) is 14.8 Å². The normalized spacial score (nSPS) is 16.7. The molecule has 0 bridgehead atoms. The number of quaternary nitrogens is 1. The molecule has 0 atom stereocenters. The lowest BCUT2D eigenvalue weighted by molar-refractivity contribution is -0.906. The smallest absolute Gasteiger partial charge is 0.240 e. The maximum atomic E-state index is 12.4. The quantitative estimate of drug-likeness (QED) is 0.828. The van der Waals surface area contributed by atoms with E-state index in [1.807, 2.05) is 25.1 Å². The fourth-order valence-electron chi connectivity index (χ4n) is 2.87. The molecule has 2 aromatic carbocycles. The summed E-state index contributed by atoms with van der Waals surface area (Å²) in [4.78, 5) is 1.71. The van der Waals surface area contributed by atoms with Gasteiger partial charge in [-0.15, -0.1) is 0 Å². The van der Waals surface area contributed by atoms with Gasteiger partial charge in [0.1, 0.15) is 13.1 Å². The highest BCUT2D eigenvalue weighted by Gasteiger charge is 2.17. The van der Waals surface area contributed by atoms with E-state index in [0.29, 0.717) is 11.4 Å². The summed E-state index contributed by atoms with van der Waals surface area (Å²) in [7, 11) is -3.46. The first-order chi connectivity index (χ1) is 11.0. The molecule has 0 aliphatic carbocycles. The summed E-state index contributed by atoms with van der Waals surface area (Å²) in [6, 6.07) is 11.3. The Hall–Kier alpha value is -1.47. The van der Waals surface area contributed by atoms with E-state index >= 15 is 0 Å². The number of aryl methyl sites for hydroxylation is 1. The number of ether oxygens (including phenoxy) is 1. The minimum atomic E-state index is -3.46. The summed E-state index contributed by atoms with van der Waals surface area (Å²) in [6.07, 6.45) is 0. The van der Waals surface area contributed by atoms with E-state index in [0.717, 1.165) is 43.6 Å². The van der Waals surface area contributed by atoms with Gasteiger partial charge in [0.05, 0.1) is 31.2 Å². The van der Waals surface area contributed by atoms with Gasteiger partial charge >= 0.3 is 0 Å². The van der Waals surface area contributed by atoms with E-state index in [9.17, 15) is 8.42 Å². The van der Waals surface area contributed by atoms with Crippen molar-refractivity contribution in [3.8, 4) is 0 Å². The van der Waals surface area contributed by atoms with Crippen LogP contribution < -0.4 is 9.62 Å². The van der Waals surface area contributed by atoms with Crippen molar-refractivity contribution < 1.29 is 18.1 Å². The Morgan fingerprint density at radius 1 is 1.09 bits per heavy atom. The number of morpholine rings is 1. The van der Waals surface area contributed by atoms with Crippen molar-refractivity contribution in [3.63, 3.8) is 0 Å². The third-order valence-electron chi connectivity index (χ3n) is 4.25. The average Bonchev–Trinajstić information content (AvgIpc) is 2.55. The molecule has 0 spiro atoms. The van der Waals surface area contributed by atoms with Crippen molar-refractivity contribution in [2.45, 2.75) is 11.8 Å². The van der Waals surface area contributed by atoms with E-state index < -0.39 is 10.0 Å². The summed E-state index contributed by atoms with van der Waals surface area (Å²) in [6.45, 7) is 6.66. The van der Waals surface area contributed by atoms with E-state index in [-0.39, 0.29) is 0 Å². The highest BCUT2D eigenvalue weighted by atomic mass is 32.2. The highest BCUT2D eigenvalue weighted by molar-refractivity contribution is 7.89. The fourth-order valence-corrected chi connectivity index (χ4v) is 3.93. The summed E-state index contributed by atoms with van der Waals surface area (Å²) in [5, 5.41) is 2.00. The molecule has 1 heterocycles. The van der Waals surface area contributed by atoms with Gasteiger partial charge < -0.3 is 9.64 Å². The van der Waals surface area contributed by atoms with Crippen LogP contribution in [0.4, 0.5) is 0 Å². The summed E-state index contributed by atoms with van der Waals surface area (Å²) < 4.78 is 32.9. The van der Waals surface area contributed by atoms with Gasteiger partial charge in [0.25, 0.3) is 0 Å². The zero-order valence-electron chi connectivity index (χ0n) is 13.3. The molecule has 1 aliphatic rings. The van der Waals surface area contributed by atoms with Gasteiger partial charge in [0, 0.05) is 0 Å². The predicted molar refractivity (Wildman–Crippen MR) is 90.3 cm³/mol. The first-order valence-corrected chi connectivity index (χ1v) is 9.44. The van der Waals surface area contributed by atoms with Crippen LogP contribution in [-0.4, -0.2) is 47.8 Å². The van der Waals surface area contributed by atoms with E-state index in [4.69, 9.17) is 4.74 Å². The molecule has 23 heavy (non-hydrogen) atoms. The van der Waals surface area contributed by atoms with Crippen molar-refractivity contribution in [1.82, 2.24) is 4.72 Å². The number of fused-ring (bicyclic) bond motifs is 1. The van der Waals surface area contributed by atoms with Gasteiger partial charge in [-0.05, 0) is 29.8 Å². The van der Waals surface area contributed by atoms with E-state index in [1.54, 1.807) is 12.1 Å². The molecule has 0 unspecified atom stereocenters. The Kier molecular flexibility index (Phi) is 4.96. The minimum absolute atomic E-state index is 0.325. The third kappa shape index (κ3) is 4.09. The van der Waals surface area contributed by atoms with Crippen molar-refractivity contribution in [3.05, 3.63) is 42.0 Å². The molecular weight excluding hydrogens is 312 g/mol. The van der Waals surface area contributed by atoms with E-state index in [1.165, 1.54) is 10.5 Å². The number of hydrogen-bond donors (Lipinski definition) is 2. The molecule has 2 N–H and O–H groups in total. The lowest BCUT2D eigenvalue weighted by Gasteiger charge is -2.23. The Morgan fingerprint density at radius 2 is 1.78 bits per heavy atom. The van der Waals surface area contributed by atoms with Crippen LogP contribution in [0.2, 0.25) is 0 Å². The van der Waals surface area contributed by atoms with Gasteiger partial charge in [0.2, 0.25) is 10.0 Å². The molecule has 0 radical (unpaired) electrons. The molecule has 3 rings (SSSR count). The fraction of sp³-hybridized carbons (Fsp3) is 0.412. The van der Waals surface area contributed by atoms with Gasteiger partial charge in [-0.25, -0.2) is 13.1 Å². The maximum absolute atomic E-state index is 12.4. The Balaban J connectivity index is 1.67. The SMILES string of the molecule is Cc1ccc2cc(S(=O)(=O)NCC[NH+]3CCOCC3)ccc2c1. The monoisotopic (exact) mass is 335 g/mol. The summed E-state index contributed by atoms with van der Waals surface area (Å²) in [5.74, 6) is 0. The summed E-state index contributed by atoms with van der Waals surface area (Å²) >= 11 is 0. The molecule has 1 saturated heterocycles. The number of sulfonamides is 1.